The molecule has 16 heavy (non-hydrogen) atoms. The summed E-state index contributed by atoms with van der Waals surface area (Å²) in [4.78, 5) is 1.68. The van der Waals surface area contributed by atoms with Crippen LogP contribution in [-0.2, 0) is 20.8 Å². The fraction of sp³-hybridized carbons (Fsp3) is 1.00. The molecule has 0 rings (SSSR count). The average Bonchev–Trinajstić information content (AvgIpc) is 2.01. The van der Waals surface area contributed by atoms with E-state index in [1.54, 1.807) is 4.90 Å². The van der Waals surface area contributed by atoms with Crippen LogP contribution in [0.1, 0.15) is 20.8 Å². The van der Waals surface area contributed by atoms with E-state index in [4.69, 9.17) is 0 Å². The maximum absolute atomic E-state index is 11.1. The Hall–Kier alpha value is -0.320. The van der Waals surface area contributed by atoms with E-state index in [1.807, 2.05) is 0 Å². The zero-order chi connectivity index (χ0) is 13.4. The third-order valence-electron chi connectivity index (χ3n) is 1.70. The molecule has 0 aromatic heterocycles. The lowest BCUT2D eigenvalue weighted by atomic mass is 10.5. The highest BCUT2D eigenvalue weighted by Crippen LogP contribution is 1.90. The monoisotopic (exact) mass is 283 g/mol. The predicted molar refractivity (Wildman–Crippen MR) is 55.8 cm³/mol. The van der Waals surface area contributed by atoms with Crippen LogP contribution in [0.5, 0.6) is 0 Å². The first kappa shape index (κ1) is 18.1. The molecule has 0 unspecified atom stereocenters. The summed E-state index contributed by atoms with van der Waals surface area (Å²) in [5.41, 5.74) is 0. The zero-order valence-electron chi connectivity index (χ0n) is 9.33. The van der Waals surface area contributed by atoms with Crippen LogP contribution < -0.4 is 9.03 Å². The molecule has 0 aromatic carbocycles. The fourth-order valence-electron chi connectivity index (χ4n) is 0.869. The van der Waals surface area contributed by atoms with Crippen LogP contribution in [0.4, 0.5) is 7.77 Å². The SMILES string of the molecule is CC[NH+](CC)CC.O=S(=O)(F)NS(=O)(=O)F. The van der Waals surface area contributed by atoms with Gasteiger partial charge in [-0.25, -0.2) is 0 Å². The minimum Gasteiger partial charge on any atom is -0.336 e. The second kappa shape index (κ2) is 7.87. The van der Waals surface area contributed by atoms with Gasteiger partial charge < -0.3 is 4.90 Å². The van der Waals surface area contributed by atoms with Crippen molar-refractivity contribution >= 4 is 20.8 Å². The highest BCUT2D eigenvalue weighted by atomic mass is 32.3. The topological polar surface area (TPSA) is 84.8 Å². The summed E-state index contributed by atoms with van der Waals surface area (Å²) in [6.45, 7) is 10.5. The molecule has 0 aliphatic carbocycles. The first-order valence-electron chi connectivity index (χ1n) is 4.57. The summed E-state index contributed by atoms with van der Waals surface area (Å²) in [6.07, 6.45) is 0. The quantitative estimate of drug-likeness (QED) is 0.630. The maximum Gasteiger partial charge on any atom is 0.387 e. The maximum atomic E-state index is 11.1. The Labute approximate surface area is 95.3 Å². The van der Waals surface area contributed by atoms with E-state index in [2.05, 4.69) is 20.8 Å². The number of halogens is 2. The van der Waals surface area contributed by atoms with Gasteiger partial charge in [0.25, 0.3) is 0 Å². The lowest BCUT2D eigenvalue weighted by Crippen LogP contribution is -3.11. The second-order valence-electron chi connectivity index (χ2n) is 2.77. The molecular formula is C6H17F2N2O4S2+. The standard InChI is InChI=1S/C6H15N.F2HNO4S2/c1-4-7(5-2)6-3;1-8(4,5)3-9(2,6)7/h4-6H2,1-3H3;3H/p+1. The van der Waals surface area contributed by atoms with E-state index in [0.29, 0.717) is 0 Å². The Morgan fingerprint density at radius 1 is 0.875 bits per heavy atom. The van der Waals surface area contributed by atoms with Gasteiger partial charge in [0, 0.05) is 0 Å². The van der Waals surface area contributed by atoms with Gasteiger partial charge in [-0.05, 0) is 20.8 Å². The molecule has 0 fully saturated rings. The third kappa shape index (κ3) is 16.1. The number of quaternary nitrogens is 1. The van der Waals surface area contributed by atoms with Crippen LogP contribution in [0.25, 0.3) is 0 Å². The molecule has 0 atom stereocenters. The highest BCUT2D eigenvalue weighted by molar-refractivity contribution is 7.99. The van der Waals surface area contributed by atoms with Crippen molar-refractivity contribution in [3.8, 4) is 0 Å². The Morgan fingerprint density at radius 3 is 1.12 bits per heavy atom. The van der Waals surface area contributed by atoms with Gasteiger partial charge in [-0.3, -0.25) is 0 Å². The first-order chi connectivity index (χ1) is 7.05. The van der Waals surface area contributed by atoms with Gasteiger partial charge in [0.1, 0.15) is 0 Å². The highest BCUT2D eigenvalue weighted by Gasteiger charge is 2.17. The summed E-state index contributed by atoms with van der Waals surface area (Å²) in [6, 6.07) is 0. The van der Waals surface area contributed by atoms with Crippen molar-refractivity contribution in [3.63, 3.8) is 0 Å². The molecule has 0 aliphatic rings. The van der Waals surface area contributed by atoms with Gasteiger partial charge in [0.2, 0.25) is 0 Å². The normalized spacial score (nSPS) is 12.1. The Bertz CT molecular complexity index is 328. The van der Waals surface area contributed by atoms with Crippen molar-refractivity contribution < 1.29 is 29.5 Å². The molecule has 2 N–H and O–H groups in total. The van der Waals surface area contributed by atoms with Crippen LogP contribution in [0.3, 0.4) is 0 Å². The van der Waals surface area contributed by atoms with Crippen molar-refractivity contribution in [1.82, 2.24) is 4.13 Å². The molecule has 0 saturated carbocycles. The van der Waals surface area contributed by atoms with Gasteiger partial charge in [0.05, 0.1) is 19.6 Å². The molecule has 0 amide bonds. The molecule has 100 valence electrons. The fourth-order valence-corrected chi connectivity index (χ4v) is 1.82. The number of rotatable bonds is 5. The van der Waals surface area contributed by atoms with Gasteiger partial charge in [-0.15, -0.1) is 0 Å². The molecule has 0 saturated heterocycles. The van der Waals surface area contributed by atoms with Crippen molar-refractivity contribution in [2.24, 2.45) is 0 Å². The second-order valence-corrected chi connectivity index (χ2v) is 5.19. The summed E-state index contributed by atoms with van der Waals surface area (Å²) in [7, 11) is -11.0. The van der Waals surface area contributed by atoms with E-state index < -0.39 is 20.8 Å². The number of hydrogen-bond acceptors (Lipinski definition) is 4. The lowest BCUT2D eigenvalue weighted by Gasteiger charge is -2.10. The van der Waals surface area contributed by atoms with Gasteiger partial charge in [-0.2, -0.15) is 16.8 Å². The predicted octanol–water partition coefficient (Wildman–Crippen LogP) is -1.06. The largest absolute Gasteiger partial charge is 0.387 e. The molecule has 0 aromatic rings. The summed E-state index contributed by atoms with van der Waals surface area (Å²) in [5.74, 6) is 0. The Morgan fingerprint density at radius 2 is 1.12 bits per heavy atom. The van der Waals surface area contributed by atoms with Crippen LogP contribution in [0, 0.1) is 0 Å². The van der Waals surface area contributed by atoms with Gasteiger partial charge in [-0.1, -0.05) is 11.9 Å². The zero-order valence-corrected chi connectivity index (χ0v) is 11.0. The molecule has 6 nitrogen and oxygen atoms in total. The van der Waals surface area contributed by atoms with Gasteiger partial charge >= 0.3 is 20.8 Å². The van der Waals surface area contributed by atoms with Crippen LogP contribution in [-0.4, -0.2) is 36.5 Å². The minimum absolute atomic E-state index is 0.0694. The molecule has 0 heterocycles. The Kier molecular flexibility index (Phi) is 8.88. The minimum atomic E-state index is -5.49. The van der Waals surface area contributed by atoms with E-state index >= 15 is 0 Å². The molecule has 0 aliphatic heterocycles. The number of hydrogen-bond donors (Lipinski definition) is 2. The van der Waals surface area contributed by atoms with Crippen molar-refractivity contribution in [3.05, 3.63) is 0 Å². The Balaban J connectivity index is 0. The molecule has 10 heteroatoms. The third-order valence-corrected chi connectivity index (χ3v) is 3.29. The van der Waals surface area contributed by atoms with E-state index in [9.17, 15) is 24.6 Å². The summed E-state index contributed by atoms with van der Waals surface area (Å²) < 4.78 is 59.3. The van der Waals surface area contributed by atoms with Crippen LogP contribution in [0.15, 0.2) is 0 Å². The van der Waals surface area contributed by atoms with Crippen molar-refractivity contribution in [1.29, 1.82) is 0 Å². The number of nitrogens with one attached hydrogen (secondary N) is 2. The van der Waals surface area contributed by atoms with Crippen LogP contribution in [0.2, 0.25) is 0 Å². The average molecular weight is 283 g/mol. The van der Waals surface area contributed by atoms with E-state index in [1.165, 1.54) is 19.6 Å². The van der Waals surface area contributed by atoms with Crippen molar-refractivity contribution in [2.45, 2.75) is 20.8 Å². The molecule has 0 bridgehead atoms. The lowest BCUT2D eigenvalue weighted by molar-refractivity contribution is -0.894. The first-order valence-corrected chi connectivity index (χ1v) is 7.33. The van der Waals surface area contributed by atoms with E-state index in [0.717, 1.165) is 0 Å². The van der Waals surface area contributed by atoms with Crippen molar-refractivity contribution in [2.75, 3.05) is 19.6 Å². The molecule has 0 radical (unpaired) electrons. The summed E-state index contributed by atoms with van der Waals surface area (Å²) in [5, 5.41) is 0. The van der Waals surface area contributed by atoms with E-state index in [-0.39, 0.29) is 4.13 Å². The molecular weight excluding hydrogens is 266 g/mol. The smallest absolute Gasteiger partial charge is 0.336 e. The van der Waals surface area contributed by atoms with Gasteiger partial charge in [0.15, 0.2) is 0 Å². The summed E-state index contributed by atoms with van der Waals surface area (Å²) >= 11 is 0. The van der Waals surface area contributed by atoms with Crippen LogP contribution >= 0.6 is 0 Å². The molecule has 0 spiro atoms.